The molecule has 0 aliphatic carbocycles. The molecule has 1 saturated heterocycles. The molecule has 3 N–H and O–H groups in total. The molecule has 0 aromatic rings. The van der Waals surface area contributed by atoms with Gasteiger partial charge in [0, 0.05) is 0 Å². The van der Waals surface area contributed by atoms with Crippen molar-refractivity contribution in [1.29, 1.82) is 0 Å². The molecule has 1 aliphatic heterocycles. The Balaban J connectivity index is 2.13. The van der Waals surface area contributed by atoms with E-state index in [4.69, 9.17) is 10.7 Å². The van der Waals surface area contributed by atoms with Crippen LogP contribution in [0.1, 0.15) is 26.2 Å². The SMILES string of the molecule is CC(CC1CCCNC1)ON. The Bertz CT molecular complexity index is 102. The number of rotatable bonds is 3. The molecule has 0 saturated carbocycles. The molecule has 3 heteroatoms. The average Bonchev–Trinajstić information content (AvgIpc) is 2.06. The Morgan fingerprint density at radius 3 is 3.09 bits per heavy atom. The van der Waals surface area contributed by atoms with Gasteiger partial charge in [-0.3, -0.25) is 0 Å². The summed E-state index contributed by atoms with van der Waals surface area (Å²) >= 11 is 0. The maximum Gasteiger partial charge on any atom is 0.0762 e. The van der Waals surface area contributed by atoms with Crippen molar-refractivity contribution in [1.82, 2.24) is 5.32 Å². The average molecular weight is 158 g/mol. The highest BCUT2D eigenvalue weighted by atomic mass is 16.6. The Morgan fingerprint density at radius 1 is 1.73 bits per heavy atom. The van der Waals surface area contributed by atoms with Crippen LogP contribution in [0.2, 0.25) is 0 Å². The fourth-order valence-corrected chi connectivity index (χ4v) is 1.65. The predicted octanol–water partition coefficient (Wildman–Crippen LogP) is 0.655. The van der Waals surface area contributed by atoms with Crippen molar-refractivity contribution >= 4 is 0 Å². The molecular weight excluding hydrogens is 140 g/mol. The smallest absolute Gasteiger partial charge is 0.0762 e. The number of piperidine rings is 1. The molecule has 0 radical (unpaired) electrons. The van der Waals surface area contributed by atoms with Crippen LogP contribution in [-0.4, -0.2) is 19.2 Å². The molecule has 0 amide bonds. The molecule has 1 rings (SSSR count). The van der Waals surface area contributed by atoms with Gasteiger partial charge in [0.05, 0.1) is 6.10 Å². The number of hydrogen-bond donors (Lipinski definition) is 2. The van der Waals surface area contributed by atoms with Gasteiger partial charge in [-0.05, 0) is 45.2 Å². The van der Waals surface area contributed by atoms with Crippen LogP contribution in [0.15, 0.2) is 0 Å². The van der Waals surface area contributed by atoms with E-state index in [0.29, 0.717) is 0 Å². The van der Waals surface area contributed by atoms with E-state index in [1.165, 1.54) is 19.4 Å². The first kappa shape index (κ1) is 8.97. The summed E-state index contributed by atoms with van der Waals surface area (Å²) in [5, 5.41) is 3.37. The Kier molecular flexibility index (Phi) is 3.83. The summed E-state index contributed by atoms with van der Waals surface area (Å²) in [6.45, 7) is 4.33. The van der Waals surface area contributed by atoms with Crippen molar-refractivity contribution in [3.63, 3.8) is 0 Å². The third-order valence-electron chi connectivity index (χ3n) is 2.30. The second-order valence-corrected chi connectivity index (χ2v) is 3.39. The second kappa shape index (κ2) is 4.70. The van der Waals surface area contributed by atoms with Crippen molar-refractivity contribution < 1.29 is 4.84 Å². The van der Waals surface area contributed by atoms with Crippen LogP contribution in [0.4, 0.5) is 0 Å². The largest absolute Gasteiger partial charge is 0.316 e. The van der Waals surface area contributed by atoms with Gasteiger partial charge in [-0.15, -0.1) is 0 Å². The number of hydrogen-bond acceptors (Lipinski definition) is 3. The van der Waals surface area contributed by atoms with Crippen LogP contribution in [0.5, 0.6) is 0 Å². The molecular formula is C8H18N2O. The zero-order valence-corrected chi connectivity index (χ0v) is 7.18. The lowest BCUT2D eigenvalue weighted by Gasteiger charge is -2.24. The van der Waals surface area contributed by atoms with Crippen LogP contribution >= 0.6 is 0 Å². The molecule has 2 atom stereocenters. The summed E-state index contributed by atoms with van der Waals surface area (Å²) in [6.07, 6.45) is 3.91. The highest BCUT2D eigenvalue weighted by Crippen LogP contribution is 2.16. The van der Waals surface area contributed by atoms with Crippen molar-refractivity contribution in [2.45, 2.75) is 32.3 Å². The molecule has 11 heavy (non-hydrogen) atoms. The zero-order chi connectivity index (χ0) is 8.10. The van der Waals surface area contributed by atoms with Gasteiger partial charge < -0.3 is 10.2 Å². The fraction of sp³-hybridized carbons (Fsp3) is 1.00. The van der Waals surface area contributed by atoms with Crippen LogP contribution in [0.25, 0.3) is 0 Å². The van der Waals surface area contributed by atoms with E-state index < -0.39 is 0 Å². The summed E-state index contributed by atoms with van der Waals surface area (Å²) < 4.78 is 0. The number of nitrogens with two attached hydrogens (primary N) is 1. The van der Waals surface area contributed by atoms with E-state index in [0.717, 1.165) is 18.9 Å². The van der Waals surface area contributed by atoms with Gasteiger partial charge in [0.15, 0.2) is 0 Å². The normalized spacial score (nSPS) is 28.4. The van der Waals surface area contributed by atoms with Crippen molar-refractivity contribution in [3.8, 4) is 0 Å². The van der Waals surface area contributed by atoms with Gasteiger partial charge >= 0.3 is 0 Å². The summed E-state index contributed by atoms with van der Waals surface area (Å²) in [5.74, 6) is 5.83. The lowest BCUT2D eigenvalue weighted by atomic mass is 9.94. The van der Waals surface area contributed by atoms with Gasteiger partial charge in [-0.25, -0.2) is 5.90 Å². The molecule has 0 aromatic carbocycles. The minimum atomic E-state index is 0.208. The lowest BCUT2D eigenvalue weighted by molar-refractivity contribution is 0.0457. The zero-order valence-electron chi connectivity index (χ0n) is 7.18. The van der Waals surface area contributed by atoms with Gasteiger partial charge in [0.1, 0.15) is 0 Å². The van der Waals surface area contributed by atoms with E-state index in [9.17, 15) is 0 Å². The minimum Gasteiger partial charge on any atom is -0.316 e. The Morgan fingerprint density at radius 2 is 2.55 bits per heavy atom. The van der Waals surface area contributed by atoms with Crippen LogP contribution in [0.3, 0.4) is 0 Å². The standard InChI is InChI=1S/C8H18N2O/c1-7(11-9)5-8-3-2-4-10-6-8/h7-8,10H,2-6,9H2,1H3. The summed E-state index contributed by atoms with van der Waals surface area (Å²) in [5.41, 5.74) is 0. The van der Waals surface area contributed by atoms with Crippen LogP contribution in [-0.2, 0) is 4.84 Å². The van der Waals surface area contributed by atoms with Gasteiger partial charge in [-0.1, -0.05) is 0 Å². The highest BCUT2D eigenvalue weighted by Gasteiger charge is 2.15. The lowest BCUT2D eigenvalue weighted by Crippen LogP contribution is -2.32. The first-order chi connectivity index (χ1) is 5.33. The Hall–Kier alpha value is -0.120. The molecule has 0 spiro atoms. The third-order valence-corrected chi connectivity index (χ3v) is 2.30. The van der Waals surface area contributed by atoms with Crippen molar-refractivity contribution in [3.05, 3.63) is 0 Å². The predicted molar refractivity (Wildman–Crippen MR) is 44.9 cm³/mol. The molecule has 0 aromatic heterocycles. The second-order valence-electron chi connectivity index (χ2n) is 3.39. The maximum absolute atomic E-state index is 5.07. The number of nitrogens with one attached hydrogen (secondary N) is 1. The Labute approximate surface area is 68.2 Å². The minimum absolute atomic E-state index is 0.208. The highest BCUT2D eigenvalue weighted by molar-refractivity contribution is 4.70. The molecule has 3 nitrogen and oxygen atoms in total. The van der Waals surface area contributed by atoms with Gasteiger partial charge in [-0.2, -0.15) is 0 Å². The van der Waals surface area contributed by atoms with Crippen LogP contribution < -0.4 is 11.2 Å². The van der Waals surface area contributed by atoms with Crippen molar-refractivity contribution in [2.24, 2.45) is 11.8 Å². The first-order valence-electron chi connectivity index (χ1n) is 4.39. The monoisotopic (exact) mass is 158 g/mol. The van der Waals surface area contributed by atoms with Crippen molar-refractivity contribution in [2.75, 3.05) is 13.1 Å². The molecule has 1 aliphatic rings. The molecule has 1 fully saturated rings. The van der Waals surface area contributed by atoms with E-state index in [1.807, 2.05) is 6.92 Å². The fourth-order valence-electron chi connectivity index (χ4n) is 1.65. The van der Waals surface area contributed by atoms with Crippen LogP contribution in [0, 0.1) is 5.92 Å². The maximum atomic E-state index is 5.07. The summed E-state index contributed by atoms with van der Waals surface area (Å²) in [7, 11) is 0. The molecule has 1 heterocycles. The van der Waals surface area contributed by atoms with E-state index in [1.54, 1.807) is 0 Å². The molecule has 0 bridgehead atoms. The van der Waals surface area contributed by atoms with Gasteiger partial charge in [0.2, 0.25) is 0 Å². The summed E-state index contributed by atoms with van der Waals surface area (Å²) in [6, 6.07) is 0. The first-order valence-corrected chi connectivity index (χ1v) is 4.39. The van der Waals surface area contributed by atoms with E-state index in [-0.39, 0.29) is 6.10 Å². The molecule has 66 valence electrons. The molecule has 2 unspecified atom stereocenters. The topological polar surface area (TPSA) is 47.3 Å². The van der Waals surface area contributed by atoms with E-state index >= 15 is 0 Å². The van der Waals surface area contributed by atoms with E-state index in [2.05, 4.69) is 5.32 Å². The third kappa shape index (κ3) is 3.18. The quantitative estimate of drug-likeness (QED) is 0.593. The summed E-state index contributed by atoms with van der Waals surface area (Å²) in [4.78, 5) is 4.73. The van der Waals surface area contributed by atoms with Gasteiger partial charge in [0.25, 0.3) is 0 Å².